The number of benzene rings is 1. The van der Waals surface area contributed by atoms with Gasteiger partial charge in [-0.15, -0.1) is 0 Å². The van der Waals surface area contributed by atoms with E-state index in [1.54, 1.807) is 18.2 Å². The zero-order valence-electron chi connectivity index (χ0n) is 9.33. The molecule has 8 heteroatoms. The molecular weight excluding hydrogens is 236 g/mol. The van der Waals surface area contributed by atoms with Gasteiger partial charge >= 0.3 is 0 Å². The zero-order valence-corrected chi connectivity index (χ0v) is 9.33. The first-order valence-electron chi connectivity index (χ1n) is 4.84. The van der Waals surface area contributed by atoms with Crippen LogP contribution in [0.2, 0.25) is 0 Å². The predicted octanol–water partition coefficient (Wildman–Crippen LogP) is -1.05. The molecule has 0 aliphatic carbocycles. The number of rotatable bonds is 4. The molecule has 0 radical (unpaired) electrons. The molecule has 0 bridgehead atoms. The summed E-state index contributed by atoms with van der Waals surface area (Å²) in [5, 5.41) is 10.9. The SMILES string of the molecule is NN=CNC(=O)c1cccc(C(=O)NC=NN)c1. The third-order valence-electron chi connectivity index (χ3n) is 1.93. The van der Waals surface area contributed by atoms with Crippen LogP contribution in [0, 0.1) is 0 Å². The zero-order chi connectivity index (χ0) is 13.4. The lowest BCUT2D eigenvalue weighted by Crippen LogP contribution is -2.24. The minimum Gasteiger partial charge on any atom is -0.322 e. The van der Waals surface area contributed by atoms with E-state index in [1.165, 1.54) is 6.07 Å². The van der Waals surface area contributed by atoms with Crippen molar-refractivity contribution in [2.45, 2.75) is 0 Å². The standard InChI is InChI=1S/C10H12N6O2/c11-15-5-13-9(17)7-2-1-3-8(4-7)10(18)14-6-16-12/h1-6H,11-12H2,(H,13,15,17)(H,14,16,18). The summed E-state index contributed by atoms with van der Waals surface area (Å²) in [5.74, 6) is 8.85. The maximum absolute atomic E-state index is 11.6. The third-order valence-corrected chi connectivity index (χ3v) is 1.93. The molecule has 0 fully saturated rings. The maximum atomic E-state index is 11.6. The minimum absolute atomic E-state index is 0.298. The smallest absolute Gasteiger partial charge is 0.256 e. The highest BCUT2D eigenvalue weighted by Crippen LogP contribution is 2.04. The molecule has 18 heavy (non-hydrogen) atoms. The number of nitrogens with two attached hydrogens (primary N) is 2. The number of carbonyl (C=O) groups excluding carboxylic acids is 2. The van der Waals surface area contributed by atoms with Crippen LogP contribution in [0.15, 0.2) is 34.5 Å². The van der Waals surface area contributed by atoms with Crippen molar-refractivity contribution in [1.29, 1.82) is 0 Å². The number of carbonyl (C=O) groups is 2. The molecule has 0 aliphatic rings. The van der Waals surface area contributed by atoms with Crippen molar-refractivity contribution in [3.8, 4) is 0 Å². The maximum Gasteiger partial charge on any atom is 0.256 e. The number of hydrazone groups is 2. The second kappa shape index (κ2) is 6.63. The van der Waals surface area contributed by atoms with Gasteiger partial charge < -0.3 is 22.3 Å². The molecule has 1 aromatic carbocycles. The fourth-order valence-electron chi connectivity index (χ4n) is 1.16. The Kier molecular flexibility index (Phi) is 4.85. The van der Waals surface area contributed by atoms with E-state index < -0.39 is 11.8 Å². The van der Waals surface area contributed by atoms with Crippen LogP contribution in [0.25, 0.3) is 0 Å². The van der Waals surface area contributed by atoms with Crippen molar-refractivity contribution in [3.63, 3.8) is 0 Å². The molecule has 0 saturated carbocycles. The molecule has 1 rings (SSSR count). The Bertz CT molecular complexity index is 456. The number of nitrogens with one attached hydrogen (secondary N) is 2. The van der Waals surface area contributed by atoms with Gasteiger partial charge in [0.2, 0.25) is 0 Å². The number of hydrogen-bond donors (Lipinski definition) is 4. The Morgan fingerprint density at radius 3 is 1.83 bits per heavy atom. The molecule has 6 N–H and O–H groups in total. The normalized spacial score (nSPS) is 10.7. The molecule has 0 aliphatic heterocycles. The average molecular weight is 248 g/mol. The lowest BCUT2D eigenvalue weighted by molar-refractivity contribution is 0.0977. The van der Waals surface area contributed by atoms with E-state index in [0.29, 0.717) is 11.1 Å². The highest BCUT2D eigenvalue weighted by atomic mass is 16.2. The second-order valence-electron chi connectivity index (χ2n) is 3.08. The van der Waals surface area contributed by atoms with E-state index >= 15 is 0 Å². The van der Waals surface area contributed by atoms with Gasteiger partial charge in [-0.25, -0.2) is 0 Å². The van der Waals surface area contributed by atoms with Gasteiger partial charge in [0.25, 0.3) is 11.8 Å². The van der Waals surface area contributed by atoms with Crippen LogP contribution in [-0.4, -0.2) is 24.5 Å². The van der Waals surface area contributed by atoms with Gasteiger partial charge in [-0.2, -0.15) is 10.2 Å². The summed E-state index contributed by atoms with van der Waals surface area (Å²) in [6.07, 6.45) is 2.10. The largest absolute Gasteiger partial charge is 0.322 e. The molecule has 0 heterocycles. The third kappa shape index (κ3) is 3.59. The lowest BCUT2D eigenvalue weighted by atomic mass is 10.1. The van der Waals surface area contributed by atoms with Crippen molar-refractivity contribution >= 4 is 24.5 Å². The van der Waals surface area contributed by atoms with Gasteiger partial charge in [0.05, 0.1) is 0 Å². The van der Waals surface area contributed by atoms with Gasteiger partial charge in [0, 0.05) is 11.1 Å². The minimum atomic E-state index is -0.425. The van der Waals surface area contributed by atoms with E-state index in [4.69, 9.17) is 11.7 Å². The first-order valence-corrected chi connectivity index (χ1v) is 4.84. The fourth-order valence-corrected chi connectivity index (χ4v) is 1.16. The molecular formula is C10H12N6O2. The van der Waals surface area contributed by atoms with Gasteiger partial charge in [-0.05, 0) is 18.2 Å². The van der Waals surface area contributed by atoms with Crippen LogP contribution in [0.4, 0.5) is 0 Å². The molecule has 0 spiro atoms. The second-order valence-corrected chi connectivity index (χ2v) is 3.08. The number of amides is 2. The van der Waals surface area contributed by atoms with Crippen LogP contribution in [-0.2, 0) is 0 Å². The fraction of sp³-hybridized carbons (Fsp3) is 0. The van der Waals surface area contributed by atoms with E-state index in [-0.39, 0.29) is 0 Å². The Balaban J connectivity index is 2.85. The highest BCUT2D eigenvalue weighted by Gasteiger charge is 2.08. The van der Waals surface area contributed by atoms with Gasteiger partial charge in [0.15, 0.2) is 0 Å². The van der Waals surface area contributed by atoms with Crippen LogP contribution in [0.1, 0.15) is 20.7 Å². The van der Waals surface area contributed by atoms with Gasteiger partial charge in [-0.1, -0.05) is 6.07 Å². The molecule has 0 atom stereocenters. The van der Waals surface area contributed by atoms with Crippen LogP contribution in [0.3, 0.4) is 0 Å². The predicted molar refractivity (Wildman–Crippen MR) is 66.7 cm³/mol. The highest BCUT2D eigenvalue weighted by molar-refractivity contribution is 6.05. The number of nitrogens with zero attached hydrogens (tertiary/aromatic N) is 2. The van der Waals surface area contributed by atoms with Crippen molar-refractivity contribution in [2.24, 2.45) is 21.9 Å². The molecule has 8 nitrogen and oxygen atoms in total. The van der Waals surface area contributed by atoms with E-state index in [0.717, 1.165) is 12.7 Å². The van der Waals surface area contributed by atoms with Crippen molar-refractivity contribution < 1.29 is 9.59 Å². The summed E-state index contributed by atoms with van der Waals surface area (Å²) in [6.45, 7) is 0. The topological polar surface area (TPSA) is 135 Å². The monoisotopic (exact) mass is 248 g/mol. The van der Waals surface area contributed by atoms with E-state index in [9.17, 15) is 9.59 Å². The number of hydrogen-bond acceptors (Lipinski definition) is 6. The quantitative estimate of drug-likeness (QED) is 0.234. The summed E-state index contributed by atoms with van der Waals surface area (Å²) in [7, 11) is 0. The summed E-state index contributed by atoms with van der Waals surface area (Å²) in [4.78, 5) is 23.1. The van der Waals surface area contributed by atoms with Crippen LogP contribution < -0.4 is 22.3 Å². The summed E-state index contributed by atoms with van der Waals surface area (Å²) >= 11 is 0. The van der Waals surface area contributed by atoms with E-state index in [2.05, 4.69) is 20.8 Å². The Labute approximate surface area is 103 Å². The van der Waals surface area contributed by atoms with Gasteiger partial charge in [0.1, 0.15) is 12.7 Å². The Morgan fingerprint density at radius 2 is 1.44 bits per heavy atom. The molecule has 0 unspecified atom stereocenters. The Hall–Kier alpha value is -2.90. The van der Waals surface area contributed by atoms with Gasteiger partial charge in [-0.3, -0.25) is 9.59 Å². The molecule has 0 aromatic heterocycles. The van der Waals surface area contributed by atoms with Crippen LogP contribution in [0.5, 0.6) is 0 Å². The summed E-state index contributed by atoms with van der Waals surface area (Å²) in [6, 6.07) is 6.09. The molecule has 1 aromatic rings. The van der Waals surface area contributed by atoms with Crippen molar-refractivity contribution in [1.82, 2.24) is 10.6 Å². The Morgan fingerprint density at radius 1 is 1.00 bits per heavy atom. The first kappa shape index (κ1) is 13.2. The van der Waals surface area contributed by atoms with E-state index in [1.807, 2.05) is 0 Å². The summed E-state index contributed by atoms with van der Waals surface area (Å²) in [5.41, 5.74) is 0.597. The van der Waals surface area contributed by atoms with Crippen LogP contribution >= 0.6 is 0 Å². The molecule has 0 saturated heterocycles. The molecule has 94 valence electrons. The molecule has 2 amide bonds. The van der Waals surface area contributed by atoms with Crippen molar-refractivity contribution in [3.05, 3.63) is 35.4 Å². The first-order chi connectivity index (χ1) is 8.69. The van der Waals surface area contributed by atoms with Crippen molar-refractivity contribution in [2.75, 3.05) is 0 Å². The average Bonchev–Trinajstić information content (AvgIpc) is 2.42. The summed E-state index contributed by atoms with van der Waals surface area (Å²) < 4.78 is 0. The lowest BCUT2D eigenvalue weighted by Gasteiger charge is -2.03.